The number of nitrogens with two attached hydrogens (primary N) is 1. The van der Waals surface area contributed by atoms with Crippen LogP contribution in [0, 0.1) is 6.92 Å². The van der Waals surface area contributed by atoms with Crippen molar-refractivity contribution in [3.05, 3.63) is 51.0 Å². The van der Waals surface area contributed by atoms with Crippen LogP contribution in [0.25, 0.3) is 0 Å². The van der Waals surface area contributed by atoms with Crippen LogP contribution in [0.5, 0.6) is 5.75 Å². The third kappa shape index (κ3) is 3.59. The Kier molecular flexibility index (Phi) is 5.46. The number of fused-ring (bicyclic) bond motifs is 1. The molecule has 2 unspecified atom stereocenters. The van der Waals surface area contributed by atoms with E-state index in [0.717, 1.165) is 17.7 Å². The second-order valence-corrected chi connectivity index (χ2v) is 6.92. The summed E-state index contributed by atoms with van der Waals surface area (Å²) in [5.74, 6) is 7.51. The maximum atomic E-state index is 6.37. The smallest absolute Gasteiger partial charge is 0.194 e. The maximum Gasteiger partial charge on any atom is 0.194 e. The van der Waals surface area contributed by atoms with Crippen molar-refractivity contribution < 1.29 is 9.57 Å². The Balaban J connectivity index is 2.06. The summed E-state index contributed by atoms with van der Waals surface area (Å²) in [5.41, 5.74) is 2.31. The Labute approximate surface area is 156 Å². The van der Waals surface area contributed by atoms with Gasteiger partial charge in [0.05, 0.1) is 5.69 Å². The zero-order chi connectivity index (χ0) is 18.1. The maximum absolute atomic E-state index is 6.37. The molecule has 8 heteroatoms. The van der Waals surface area contributed by atoms with E-state index in [-0.39, 0.29) is 5.92 Å². The summed E-state index contributed by atoms with van der Waals surface area (Å²) in [5, 5.41) is 2.33. The number of halogens is 2. The Bertz CT molecular complexity index is 787. The van der Waals surface area contributed by atoms with Gasteiger partial charge >= 0.3 is 0 Å². The van der Waals surface area contributed by atoms with Crippen molar-refractivity contribution in [3.63, 3.8) is 0 Å². The minimum atomic E-state index is -0.421. The van der Waals surface area contributed by atoms with Gasteiger partial charge in [0.2, 0.25) is 0 Å². The molecule has 1 aromatic carbocycles. The highest BCUT2D eigenvalue weighted by Crippen LogP contribution is 2.44. The van der Waals surface area contributed by atoms with Crippen LogP contribution in [0.2, 0.25) is 10.0 Å². The number of hydrogen-bond acceptors (Lipinski definition) is 6. The highest BCUT2D eigenvalue weighted by atomic mass is 35.5. The minimum Gasteiger partial charge on any atom is -0.386 e. The van der Waals surface area contributed by atoms with E-state index in [2.05, 4.69) is 16.9 Å². The predicted octanol–water partition coefficient (Wildman–Crippen LogP) is 3.80. The molecule has 0 amide bonds. The van der Waals surface area contributed by atoms with Gasteiger partial charge in [0.25, 0.3) is 0 Å². The number of methoxy groups -OCH3 is 1. The monoisotopic (exact) mass is 382 g/mol. The average Bonchev–Trinajstić information content (AvgIpc) is 2.88. The van der Waals surface area contributed by atoms with E-state index < -0.39 is 6.04 Å². The number of aryl methyl sites for hydroxylation is 1. The summed E-state index contributed by atoms with van der Waals surface area (Å²) in [6, 6.07) is 4.86. The Morgan fingerprint density at radius 1 is 1.36 bits per heavy atom. The highest BCUT2D eigenvalue weighted by Gasteiger charge is 2.38. The van der Waals surface area contributed by atoms with E-state index >= 15 is 0 Å². The van der Waals surface area contributed by atoms with Gasteiger partial charge in [0.15, 0.2) is 5.75 Å². The van der Waals surface area contributed by atoms with Crippen LogP contribution in [0.4, 0.5) is 0 Å². The van der Waals surface area contributed by atoms with Gasteiger partial charge in [0, 0.05) is 29.7 Å². The molecule has 0 radical (unpaired) electrons. The van der Waals surface area contributed by atoms with Gasteiger partial charge in [-0.25, -0.2) is 15.8 Å². The van der Waals surface area contributed by atoms with E-state index in [1.54, 1.807) is 19.2 Å². The quantitative estimate of drug-likeness (QED) is 0.792. The van der Waals surface area contributed by atoms with Crippen molar-refractivity contribution in [2.45, 2.75) is 32.2 Å². The van der Waals surface area contributed by atoms with Crippen LogP contribution in [0.1, 0.15) is 48.1 Å². The fourth-order valence-corrected chi connectivity index (χ4v) is 3.45. The molecule has 2 atom stereocenters. The molecule has 0 fully saturated rings. The van der Waals surface area contributed by atoms with E-state index in [1.807, 2.05) is 13.0 Å². The molecule has 134 valence electrons. The van der Waals surface area contributed by atoms with Gasteiger partial charge in [-0.3, -0.25) is 0 Å². The second-order valence-electron chi connectivity index (χ2n) is 6.07. The fraction of sp³-hybridized carbons (Fsp3) is 0.412. The second kappa shape index (κ2) is 7.43. The van der Waals surface area contributed by atoms with Gasteiger partial charge < -0.3 is 9.57 Å². The normalized spacial score (nSPS) is 18.1. The lowest BCUT2D eigenvalue weighted by Gasteiger charge is -2.18. The van der Waals surface area contributed by atoms with Crippen molar-refractivity contribution in [3.8, 4) is 5.75 Å². The molecule has 1 aliphatic rings. The van der Waals surface area contributed by atoms with Crippen molar-refractivity contribution in [1.29, 1.82) is 0 Å². The van der Waals surface area contributed by atoms with E-state index in [0.29, 0.717) is 33.9 Å². The van der Waals surface area contributed by atoms with Gasteiger partial charge in [-0.15, -0.1) is 0 Å². The summed E-state index contributed by atoms with van der Waals surface area (Å²) >= 11 is 12.4. The van der Waals surface area contributed by atoms with Gasteiger partial charge in [-0.2, -0.15) is 0 Å². The first-order valence-corrected chi connectivity index (χ1v) is 8.72. The molecule has 2 aromatic rings. The standard InChI is InChI=1S/C17H20Cl2N4O2/c1-9(6-7-24-3)14-17-15(22-10(2)21-14)16(23(20)25-17)12-5-4-11(18)8-13(12)19/h4-5,8-9,16H,6-7,20H2,1-3H3. The highest BCUT2D eigenvalue weighted by molar-refractivity contribution is 6.35. The van der Waals surface area contributed by atoms with Crippen molar-refractivity contribution in [2.75, 3.05) is 13.7 Å². The first-order valence-electron chi connectivity index (χ1n) is 7.96. The van der Waals surface area contributed by atoms with Crippen LogP contribution in [0.3, 0.4) is 0 Å². The molecule has 0 saturated carbocycles. The molecular weight excluding hydrogens is 363 g/mol. The Morgan fingerprint density at radius 2 is 2.12 bits per heavy atom. The van der Waals surface area contributed by atoms with Gasteiger partial charge in [-0.1, -0.05) is 41.4 Å². The van der Waals surface area contributed by atoms with Gasteiger partial charge in [0.1, 0.15) is 17.6 Å². The molecule has 0 aliphatic carbocycles. The lowest BCUT2D eigenvalue weighted by molar-refractivity contribution is -0.0626. The zero-order valence-corrected chi connectivity index (χ0v) is 15.8. The van der Waals surface area contributed by atoms with Crippen LogP contribution >= 0.6 is 23.2 Å². The largest absolute Gasteiger partial charge is 0.386 e. The van der Waals surface area contributed by atoms with Gasteiger partial charge in [-0.05, 0) is 31.0 Å². The summed E-state index contributed by atoms with van der Waals surface area (Å²) in [6.07, 6.45) is 0.819. The topological polar surface area (TPSA) is 73.5 Å². The zero-order valence-electron chi connectivity index (χ0n) is 14.3. The predicted molar refractivity (Wildman–Crippen MR) is 96.6 cm³/mol. The van der Waals surface area contributed by atoms with Crippen LogP contribution in [-0.2, 0) is 4.74 Å². The van der Waals surface area contributed by atoms with Crippen molar-refractivity contribution in [2.24, 2.45) is 5.84 Å². The minimum absolute atomic E-state index is 0.142. The fourth-order valence-electron chi connectivity index (χ4n) is 2.94. The molecule has 25 heavy (non-hydrogen) atoms. The molecule has 0 saturated heterocycles. The van der Waals surface area contributed by atoms with Crippen LogP contribution < -0.4 is 10.7 Å². The summed E-state index contributed by atoms with van der Waals surface area (Å²) < 4.78 is 5.17. The molecular formula is C17H20Cl2N4O2. The lowest BCUT2D eigenvalue weighted by Crippen LogP contribution is -2.34. The molecule has 0 spiro atoms. The Hall–Kier alpha value is -1.44. The first-order chi connectivity index (χ1) is 11.9. The van der Waals surface area contributed by atoms with Crippen molar-refractivity contribution in [1.82, 2.24) is 15.1 Å². The number of benzene rings is 1. The van der Waals surface area contributed by atoms with Crippen LogP contribution in [-0.4, -0.2) is 28.9 Å². The lowest BCUT2D eigenvalue weighted by atomic mass is 9.98. The SMILES string of the molecule is COCCC(C)c1nc(C)nc2c1ON(N)C2c1ccc(Cl)cc1Cl. The number of hydrogen-bond donors (Lipinski definition) is 1. The number of aromatic nitrogens is 2. The number of hydroxylamine groups is 1. The van der Waals surface area contributed by atoms with E-state index in [9.17, 15) is 0 Å². The third-order valence-corrected chi connectivity index (χ3v) is 4.78. The number of rotatable bonds is 5. The summed E-state index contributed by atoms with van der Waals surface area (Å²) in [4.78, 5) is 14.9. The molecule has 2 heterocycles. The summed E-state index contributed by atoms with van der Waals surface area (Å²) in [6.45, 7) is 4.57. The van der Waals surface area contributed by atoms with Crippen molar-refractivity contribution >= 4 is 23.2 Å². The molecule has 6 nitrogen and oxygen atoms in total. The first kappa shape index (κ1) is 18.4. The number of ether oxygens (including phenoxy) is 1. The van der Waals surface area contributed by atoms with Crippen LogP contribution in [0.15, 0.2) is 18.2 Å². The summed E-state index contributed by atoms with van der Waals surface area (Å²) in [7, 11) is 1.68. The third-order valence-electron chi connectivity index (χ3n) is 4.22. The van der Waals surface area contributed by atoms with E-state index in [1.165, 1.54) is 5.17 Å². The molecule has 3 rings (SSSR count). The molecule has 1 aliphatic heterocycles. The average molecular weight is 383 g/mol. The molecule has 1 aromatic heterocycles. The van der Waals surface area contributed by atoms with E-state index in [4.69, 9.17) is 38.6 Å². The Morgan fingerprint density at radius 3 is 2.80 bits per heavy atom. The number of nitrogens with zero attached hydrogens (tertiary/aromatic N) is 3. The molecule has 0 bridgehead atoms. The molecule has 2 N–H and O–H groups in total. The number of hydrazine groups is 1.